The van der Waals surface area contributed by atoms with E-state index in [1.165, 1.54) is 25.7 Å². The van der Waals surface area contributed by atoms with Crippen LogP contribution in [-0.4, -0.2) is 48.4 Å². The maximum Gasteiger partial charge on any atom is 0.223 e. The van der Waals surface area contributed by atoms with E-state index in [0.29, 0.717) is 19.4 Å². The van der Waals surface area contributed by atoms with Gasteiger partial charge in [0, 0.05) is 32.6 Å². The number of carbonyl (C=O) groups is 1. The van der Waals surface area contributed by atoms with E-state index in [9.17, 15) is 4.79 Å². The molecule has 0 aromatic carbocycles. The van der Waals surface area contributed by atoms with E-state index < -0.39 is 0 Å². The summed E-state index contributed by atoms with van der Waals surface area (Å²) >= 11 is 0. The Morgan fingerprint density at radius 2 is 2.06 bits per heavy atom. The Morgan fingerprint density at radius 1 is 1.33 bits per heavy atom. The Bertz CT molecular complexity index is 294. The first-order valence-electron chi connectivity index (χ1n) is 7.04. The third kappa shape index (κ3) is 5.50. The van der Waals surface area contributed by atoms with E-state index in [-0.39, 0.29) is 5.91 Å². The van der Waals surface area contributed by atoms with Crippen molar-refractivity contribution in [2.24, 2.45) is 0 Å². The number of nitriles is 1. The fourth-order valence-electron chi connectivity index (χ4n) is 2.05. The number of hydrogen-bond acceptors (Lipinski definition) is 3. The first-order chi connectivity index (χ1) is 8.69. The molecule has 4 nitrogen and oxygen atoms in total. The molecule has 1 aliphatic rings. The van der Waals surface area contributed by atoms with Crippen LogP contribution < -0.4 is 0 Å². The summed E-state index contributed by atoms with van der Waals surface area (Å²) in [6.45, 7) is 4.75. The summed E-state index contributed by atoms with van der Waals surface area (Å²) in [5.74, 6) is 0.160. The highest BCUT2D eigenvalue weighted by Gasteiger charge is 2.28. The molecule has 0 bridgehead atoms. The largest absolute Gasteiger partial charge is 0.345 e. The molecule has 1 rings (SSSR count). The van der Waals surface area contributed by atoms with E-state index in [1.54, 1.807) is 11.9 Å². The molecule has 18 heavy (non-hydrogen) atoms. The van der Waals surface area contributed by atoms with Gasteiger partial charge >= 0.3 is 0 Å². The zero-order chi connectivity index (χ0) is 13.4. The second-order valence-corrected chi connectivity index (χ2v) is 5.09. The highest BCUT2D eigenvalue weighted by molar-refractivity contribution is 5.76. The van der Waals surface area contributed by atoms with E-state index in [2.05, 4.69) is 17.9 Å². The van der Waals surface area contributed by atoms with Crippen molar-refractivity contribution in [2.75, 3.05) is 26.7 Å². The quantitative estimate of drug-likeness (QED) is 0.630. The van der Waals surface area contributed by atoms with Crippen molar-refractivity contribution in [1.82, 2.24) is 9.80 Å². The third-order valence-electron chi connectivity index (χ3n) is 3.46. The van der Waals surface area contributed by atoms with E-state index in [0.717, 1.165) is 19.1 Å². The summed E-state index contributed by atoms with van der Waals surface area (Å²) in [5.41, 5.74) is 0. The van der Waals surface area contributed by atoms with Gasteiger partial charge in [-0.25, -0.2) is 0 Å². The first-order valence-corrected chi connectivity index (χ1v) is 7.04. The van der Waals surface area contributed by atoms with Gasteiger partial charge in [0.2, 0.25) is 5.91 Å². The van der Waals surface area contributed by atoms with E-state index in [4.69, 9.17) is 5.26 Å². The number of carbonyl (C=O) groups excluding carboxylic acids is 1. The molecule has 0 N–H and O–H groups in total. The van der Waals surface area contributed by atoms with Crippen LogP contribution in [0.2, 0.25) is 0 Å². The number of rotatable bonds is 9. The normalized spacial score (nSPS) is 14.6. The molecule has 0 saturated heterocycles. The SMILES string of the molecule is CCCCN(CCC(=O)N(C)CCC#N)C1CC1. The number of nitrogens with zero attached hydrogens (tertiary/aromatic N) is 3. The molecule has 0 atom stereocenters. The first kappa shape index (κ1) is 15.0. The maximum atomic E-state index is 11.9. The average Bonchev–Trinajstić information content (AvgIpc) is 3.20. The molecular weight excluding hydrogens is 226 g/mol. The highest BCUT2D eigenvalue weighted by Crippen LogP contribution is 2.27. The Labute approximate surface area is 111 Å². The maximum absolute atomic E-state index is 11.9. The number of unbranched alkanes of at least 4 members (excludes halogenated alkanes) is 1. The van der Waals surface area contributed by atoms with Crippen LogP contribution in [0.25, 0.3) is 0 Å². The van der Waals surface area contributed by atoms with Crippen LogP contribution in [0.4, 0.5) is 0 Å². The summed E-state index contributed by atoms with van der Waals surface area (Å²) in [6, 6.07) is 2.80. The van der Waals surface area contributed by atoms with Crippen molar-refractivity contribution >= 4 is 5.91 Å². The van der Waals surface area contributed by atoms with Crippen LogP contribution in [-0.2, 0) is 4.79 Å². The van der Waals surface area contributed by atoms with Crippen molar-refractivity contribution in [3.8, 4) is 6.07 Å². The molecule has 0 heterocycles. The molecule has 0 aliphatic heterocycles. The number of hydrogen-bond donors (Lipinski definition) is 0. The van der Waals surface area contributed by atoms with Crippen LogP contribution in [0.1, 0.15) is 45.4 Å². The van der Waals surface area contributed by atoms with Crippen molar-refractivity contribution in [3.05, 3.63) is 0 Å². The minimum absolute atomic E-state index is 0.160. The van der Waals surface area contributed by atoms with Crippen molar-refractivity contribution < 1.29 is 4.79 Å². The van der Waals surface area contributed by atoms with Crippen LogP contribution in [0, 0.1) is 11.3 Å². The zero-order valence-corrected chi connectivity index (χ0v) is 11.7. The molecule has 0 radical (unpaired) electrons. The van der Waals surface area contributed by atoms with Crippen LogP contribution in [0.15, 0.2) is 0 Å². The summed E-state index contributed by atoms with van der Waals surface area (Å²) < 4.78 is 0. The van der Waals surface area contributed by atoms with E-state index in [1.807, 2.05) is 0 Å². The molecule has 0 aromatic heterocycles. The van der Waals surface area contributed by atoms with Gasteiger partial charge in [-0.05, 0) is 25.8 Å². The Hall–Kier alpha value is -1.08. The monoisotopic (exact) mass is 251 g/mol. The number of amides is 1. The van der Waals surface area contributed by atoms with Crippen LogP contribution in [0.3, 0.4) is 0 Å². The van der Waals surface area contributed by atoms with Gasteiger partial charge < -0.3 is 4.90 Å². The molecule has 0 spiro atoms. The lowest BCUT2D eigenvalue weighted by Crippen LogP contribution is -2.34. The fourth-order valence-corrected chi connectivity index (χ4v) is 2.05. The molecule has 102 valence electrons. The van der Waals surface area contributed by atoms with Crippen molar-refractivity contribution in [3.63, 3.8) is 0 Å². The molecule has 0 aromatic rings. The van der Waals surface area contributed by atoms with Gasteiger partial charge in [-0.1, -0.05) is 13.3 Å². The minimum atomic E-state index is 0.160. The van der Waals surface area contributed by atoms with Gasteiger partial charge in [-0.3, -0.25) is 9.69 Å². The second kappa shape index (κ2) is 8.10. The zero-order valence-electron chi connectivity index (χ0n) is 11.7. The standard InChI is InChI=1S/C14H25N3O/c1-3-4-11-17(13-6-7-13)12-8-14(18)16(2)10-5-9-15/h13H,3-8,10-12H2,1-2H3. The Kier molecular flexibility index (Phi) is 6.74. The van der Waals surface area contributed by atoms with Gasteiger partial charge in [0.1, 0.15) is 0 Å². The summed E-state index contributed by atoms with van der Waals surface area (Å²) in [5, 5.41) is 8.50. The third-order valence-corrected chi connectivity index (χ3v) is 3.46. The summed E-state index contributed by atoms with van der Waals surface area (Å²) in [6.07, 6.45) is 6.02. The molecular formula is C14H25N3O. The Balaban J connectivity index is 2.24. The molecule has 0 unspecified atom stereocenters. The molecule has 1 amide bonds. The van der Waals surface area contributed by atoms with Gasteiger partial charge in [0.25, 0.3) is 0 Å². The van der Waals surface area contributed by atoms with E-state index >= 15 is 0 Å². The van der Waals surface area contributed by atoms with Gasteiger partial charge in [-0.15, -0.1) is 0 Å². The minimum Gasteiger partial charge on any atom is -0.345 e. The van der Waals surface area contributed by atoms with Crippen LogP contribution in [0.5, 0.6) is 0 Å². The average molecular weight is 251 g/mol. The second-order valence-electron chi connectivity index (χ2n) is 5.09. The smallest absolute Gasteiger partial charge is 0.223 e. The molecule has 1 aliphatic carbocycles. The van der Waals surface area contributed by atoms with Crippen molar-refractivity contribution in [1.29, 1.82) is 5.26 Å². The van der Waals surface area contributed by atoms with Crippen LogP contribution >= 0.6 is 0 Å². The summed E-state index contributed by atoms with van der Waals surface area (Å²) in [4.78, 5) is 16.0. The van der Waals surface area contributed by atoms with Crippen molar-refractivity contribution in [2.45, 2.75) is 51.5 Å². The molecule has 1 fully saturated rings. The lowest BCUT2D eigenvalue weighted by Gasteiger charge is -2.23. The van der Waals surface area contributed by atoms with Gasteiger partial charge in [0.15, 0.2) is 0 Å². The topological polar surface area (TPSA) is 47.3 Å². The molecule has 4 heteroatoms. The van der Waals surface area contributed by atoms with Gasteiger partial charge in [0.05, 0.1) is 12.5 Å². The highest BCUT2D eigenvalue weighted by atomic mass is 16.2. The lowest BCUT2D eigenvalue weighted by atomic mass is 10.2. The summed E-state index contributed by atoms with van der Waals surface area (Å²) in [7, 11) is 1.78. The predicted molar refractivity (Wildman–Crippen MR) is 72.0 cm³/mol. The van der Waals surface area contributed by atoms with Gasteiger partial charge in [-0.2, -0.15) is 5.26 Å². The fraction of sp³-hybridized carbons (Fsp3) is 0.857. The lowest BCUT2D eigenvalue weighted by molar-refractivity contribution is -0.130. The molecule has 1 saturated carbocycles. The predicted octanol–water partition coefficient (Wildman–Crippen LogP) is 2.01. The Morgan fingerprint density at radius 3 is 2.61 bits per heavy atom.